The number of aromatic nitrogens is 1. The molecule has 1 aromatic heterocycles. The Morgan fingerprint density at radius 3 is 3.11 bits per heavy atom. The minimum absolute atomic E-state index is 0.0400. The molecule has 0 saturated heterocycles. The molecule has 0 amide bonds. The molecule has 0 saturated carbocycles. The first-order valence-electron chi connectivity index (χ1n) is 5.38. The second-order valence-electron chi connectivity index (χ2n) is 3.52. The predicted molar refractivity (Wildman–Crippen MR) is 72.8 cm³/mol. The summed E-state index contributed by atoms with van der Waals surface area (Å²) in [5.74, 6) is 5.69. The Morgan fingerprint density at radius 2 is 2.39 bits per heavy atom. The van der Waals surface area contributed by atoms with Gasteiger partial charge in [0.05, 0.1) is 15.1 Å². The number of anilines is 1. The number of nitrogens with one attached hydrogen (secondary N) is 1. The molecule has 1 heterocycles. The summed E-state index contributed by atoms with van der Waals surface area (Å²) >= 11 is 1.39. The van der Waals surface area contributed by atoms with Crippen LogP contribution in [0.3, 0.4) is 0 Å². The molecule has 0 spiro atoms. The number of nitro groups is 1. The molecular formula is C12H11N3O2S. The van der Waals surface area contributed by atoms with Crippen LogP contribution in [-0.2, 0) is 0 Å². The molecule has 0 fully saturated rings. The molecule has 0 unspecified atom stereocenters. The van der Waals surface area contributed by atoms with Crippen LogP contribution in [0.5, 0.6) is 0 Å². The Bertz CT molecular complexity index is 640. The maximum atomic E-state index is 11.1. The van der Waals surface area contributed by atoms with E-state index >= 15 is 0 Å². The second-order valence-corrected chi connectivity index (χ2v) is 4.41. The Morgan fingerprint density at radius 1 is 1.56 bits per heavy atom. The predicted octanol–water partition coefficient (Wildman–Crippen LogP) is 3.03. The highest BCUT2D eigenvalue weighted by atomic mass is 32.1. The van der Waals surface area contributed by atoms with E-state index in [1.165, 1.54) is 11.3 Å². The number of thiazole rings is 1. The van der Waals surface area contributed by atoms with Gasteiger partial charge in [0.25, 0.3) is 0 Å². The summed E-state index contributed by atoms with van der Waals surface area (Å²) in [6.07, 6.45) is 0.656. The number of hydrogen-bond acceptors (Lipinski definition) is 5. The molecule has 92 valence electrons. The van der Waals surface area contributed by atoms with E-state index in [0.29, 0.717) is 24.2 Å². The van der Waals surface area contributed by atoms with Crippen LogP contribution in [0.4, 0.5) is 11.4 Å². The third-order valence-electron chi connectivity index (χ3n) is 2.40. The molecule has 0 aliphatic carbocycles. The van der Waals surface area contributed by atoms with Gasteiger partial charge in [-0.15, -0.1) is 23.2 Å². The molecule has 1 N–H and O–H groups in total. The highest BCUT2D eigenvalue weighted by molar-refractivity contribution is 7.16. The van der Waals surface area contributed by atoms with Crippen molar-refractivity contribution in [3.63, 3.8) is 0 Å². The fourth-order valence-corrected chi connectivity index (χ4v) is 2.31. The van der Waals surface area contributed by atoms with Crippen molar-refractivity contribution in [1.29, 1.82) is 0 Å². The minimum atomic E-state index is -0.393. The van der Waals surface area contributed by atoms with Crippen molar-refractivity contribution in [2.75, 3.05) is 11.9 Å². The molecule has 0 bridgehead atoms. The fraction of sp³-hybridized carbons (Fsp3) is 0.250. The van der Waals surface area contributed by atoms with Gasteiger partial charge in [0, 0.05) is 13.0 Å². The standard InChI is InChI=1S/C12H11N3O2S/c1-2-3-4-7-13-9-5-6-10-11(14-8-18-10)12(9)15(16)17/h5-6,8,13H,4,7H2,1H3. The third kappa shape index (κ3) is 2.41. The van der Waals surface area contributed by atoms with Crippen molar-refractivity contribution in [1.82, 2.24) is 4.98 Å². The van der Waals surface area contributed by atoms with Gasteiger partial charge in [-0.2, -0.15) is 0 Å². The molecular weight excluding hydrogens is 250 g/mol. The van der Waals surface area contributed by atoms with E-state index in [9.17, 15) is 10.1 Å². The third-order valence-corrected chi connectivity index (χ3v) is 3.19. The zero-order valence-corrected chi connectivity index (χ0v) is 10.6. The first-order valence-corrected chi connectivity index (χ1v) is 6.26. The maximum absolute atomic E-state index is 11.1. The Balaban J connectivity index is 2.33. The van der Waals surface area contributed by atoms with Crippen LogP contribution in [0.2, 0.25) is 0 Å². The van der Waals surface area contributed by atoms with Crippen LogP contribution in [0.25, 0.3) is 10.2 Å². The number of nitrogens with zero attached hydrogens (tertiary/aromatic N) is 2. The largest absolute Gasteiger partial charge is 0.378 e. The van der Waals surface area contributed by atoms with E-state index in [1.54, 1.807) is 18.5 Å². The summed E-state index contributed by atoms with van der Waals surface area (Å²) in [7, 11) is 0. The highest BCUT2D eigenvalue weighted by Gasteiger charge is 2.19. The van der Waals surface area contributed by atoms with Gasteiger partial charge in [-0.3, -0.25) is 10.1 Å². The molecule has 1 aromatic carbocycles. The van der Waals surface area contributed by atoms with Crippen LogP contribution in [-0.4, -0.2) is 16.5 Å². The molecule has 0 aliphatic rings. The molecule has 6 heteroatoms. The summed E-state index contributed by atoms with van der Waals surface area (Å²) in [6, 6.07) is 3.56. The minimum Gasteiger partial charge on any atom is -0.378 e. The van der Waals surface area contributed by atoms with Gasteiger partial charge >= 0.3 is 5.69 Å². The zero-order chi connectivity index (χ0) is 13.0. The van der Waals surface area contributed by atoms with Crippen molar-refractivity contribution in [3.05, 3.63) is 27.8 Å². The topological polar surface area (TPSA) is 68.1 Å². The molecule has 5 nitrogen and oxygen atoms in total. The lowest BCUT2D eigenvalue weighted by Gasteiger charge is -2.05. The SMILES string of the molecule is CC#CCCNc1ccc2scnc2c1[N+](=O)[O-]. The highest BCUT2D eigenvalue weighted by Crippen LogP contribution is 2.34. The van der Waals surface area contributed by atoms with E-state index < -0.39 is 4.92 Å². The van der Waals surface area contributed by atoms with E-state index in [1.807, 2.05) is 6.07 Å². The Labute approximate surface area is 108 Å². The fourth-order valence-electron chi connectivity index (χ4n) is 1.63. The first-order chi connectivity index (χ1) is 8.74. The summed E-state index contributed by atoms with van der Waals surface area (Å²) in [5, 5.41) is 14.2. The van der Waals surface area contributed by atoms with Crippen LogP contribution >= 0.6 is 11.3 Å². The van der Waals surface area contributed by atoms with Gasteiger partial charge in [0.1, 0.15) is 5.69 Å². The maximum Gasteiger partial charge on any atom is 0.319 e. The number of benzene rings is 1. The van der Waals surface area contributed by atoms with Gasteiger partial charge in [-0.25, -0.2) is 4.98 Å². The second kappa shape index (κ2) is 5.47. The molecule has 2 aromatic rings. The molecule has 0 atom stereocenters. The summed E-state index contributed by atoms with van der Waals surface area (Å²) < 4.78 is 0.820. The Kier molecular flexibility index (Phi) is 3.75. The average molecular weight is 261 g/mol. The van der Waals surface area contributed by atoms with E-state index in [-0.39, 0.29) is 5.69 Å². The normalized spacial score (nSPS) is 9.83. The van der Waals surface area contributed by atoms with E-state index in [0.717, 1.165) is 4.70 Å². The molecule has 18 heavy (non-hydrogen) atoms. The quantitative estimate of drug-likeness (QED) is 0.397. The van der Waals surface area contributed by atoms with Crippen LogP contribution < -0.4 is 5.32 Å². The average Bonchev–Trinajstić information content (AvgIpc) is 2.81. The van der Waals surface area contributed by atoms with Crippen LogP contribution in [0.15, 0.2) is 17.6 Å². The molecule has 2 rings (SSSR count). The molecule has 0 radical (unpaired) electrons. The summed E-state index contributed by atoms with van der Waals surface area (Å²) in [6.45, 7) is 2.35. The lowest BCUT2D eigenvalue weighted by atomic mass is 10.2. The van der Waals surface area contributed by atoms with Gasteiger partial charge in [-0.1, -0.05) is 0 Å². The van der Waals surface area contributed by atoms with E-state index in [2.05, 4.69) is 22.1 Å². The number of fused-ring (bicyclic) bond motifs is 1. The Hall–Kier alpha value is -2.13. The summed E-state index contributed by atoms with van der Waals surface area (Å²) in [4.78, 5) is 14.8. The first kappa shape index (κ1) is 12.3. The lowest BCUT2D eigenvalue weighted by Crippen LogP contribution is -2.04. The van der Waals surface area contributed by atoms with Crippen molar-refractivity contribution in [2.45, 2.75) is 13.3 Å². The van der Waals surface area contributed by atoms with E-state index in [4.69, 9.17) is 0 Å². The monoisotopic (exact) mass is 261 g/mol. The summed E-state index contributed by atoms with van der Waals surface area (Å²) in [5.41, 5.74) is 2.59. The van der Waals surface area contributed by atoms with Crippen molar-refractivity contribution in [2.24, 2.45) is 0 Å². The lowest BCUT2D eigenvalue weighted by molar-refractivity contribution is -0.382. The van der Waals surface area contributed by atoms with Crippen molar-refractivity contribution < 1.29 is 4.92 Å². The molecule has 0 aliphatic heterocycles. The smallest absolute Gasteiger partial charge is 0.319 e. The number of hydrogen-bond donors (Lipinski definition) is 1. The van der Waals surface area contributed by atoms with Gasteiger partial charge in [0.15, 0.2) is 5.52 Å². The van der Waals surface area contributed by atoms with Crippen LogP contribution in [0, 0.1) is 22.0 Å². The van der Waals surface area contributed by atoms with Crippen LogP contribution in [0.1, 0.15) is 13.3 Å². The van der Waals surface area contributed by atoms with Gasteiger partial charge < -0.3 is 5.32 Å². The zero-order valence-electron chi connectivity index (χ0n) is 9.77. The van der Waals surface area contributed by atoms with Gasteiger partial charge in [-0.05, 0) is 19.1 Å². The number of rotatable bonds is 4. The van der Waals surface area contributed by atoms with Gasteiger partial charge in [0.2, 0.25) is 0 Å². The van der Waals surface area contributed by atoms with Crippen molar-refractivity contribution in [3.8, 4) is 11.8 Å². The number of nitro benzene ring substituents is 1. The van der Waals surface area contributed by atoms with Crippen molar-refractivity contribution >= 4 is 32.9 Å².